The summed E-state index contributed by atoms with van der Waals surface area (Å²) in [5.74, 6) is 2.20. The zero-order valence-electron chi connectivity index (χ0n) is 23.9. The highest BCUT2D eigenvalue weighted by atomic mass is 32.2. The van der Waals surface area contributed by atoms with E-state index >= 15 is 0 Å². The minimum absolute atomic E-state index is 0.0455. The summed E-state index contributed by atoms with van der Waals surface area (Å²) in [7, 11) is -3.54. The number of aryl methyl sites for hydroxylation is 2. The van der Waals surface area contributed by atoms with Crippen LogP contribution in [0.15, 0.2) is 28.1 Å². The van der Waals surface area contributed by atoms with Crippen molar-refractivity contribution in [1.82, 2.24) is 19.2 Å². The molecule has 10 nitrogen and oxygen atoms in total. The van der Waals surface area contributed by atoms with Gasteiger partial charge < -0.3 is 15.4 Å². The monoisotopic (exact) mass is 571 g/mol. The Morgan fingerprint density at radius 3 is 2.25 bits per heavy atom. The van der Waals surface area contributed by atoms with Gasteiger partial charge in [-0.15, -0.1) is 0 Å². The lowest BCUT2D eigenvalue weighted by molar-refractivity contribution is -0.125. The molecule has 11 heteroatoms. The fourth-order valence-electron chi connectivity index (χ4n) is 6.73. The van der Waals surface area contributed by atoms with Crippen molar-refractivity contribution in [2.45, 2.75) is 78.2 Å². The molecule has 1 spiro atoms. The number of sulfonamides is 1. The van der Waals surface area contributed by atoms with Gasteiger partial charge >= 0.3 is 5.69 Å². The number of aliphatic imine (C=N–C) groups is 1. The van der Waals surface area contributed by atoms with E-state index in [2.05, 4.69) is 24.1 Å². The van der Waals surface area contributed by atoms with E-state index in [-0.39, 0.29) is 36.5 Å². The van der Waals surface area contributed by atoms with Gasteiger partial charge in [0.25, 0.3) is 5.91 Å². The maximum Gasteiger partial charge on any atom is 0.333 e. The van der Waals surface area contributed by atoms with E-state index in [1.54, 1.807) is 12.1 Å². The second kappa shape index (κ2) is 10.8. The number of amidine groups is 1. The minimum atomic E-state index is -3.54. The van der Waals surface area contributed by atoms with Crippen LogP contribution in [0, 0.1) is 31.6 Å². The van der Waals surface area contributed by atoms with Crippen LogP contribution in [0.25, 0.3) is 5.69 Å². The van der Waals surface area contributed by atoms with Crippen molar-refractivity contribution in [3.05, 3.63) is 45.5 Å². The van der Waals surface area contributed by atoms with E-state index < -0.39 is 21.3 Å². The number of nitrogens with zero attached hydrogens (tertiary/aromatic N) is 3. The highest BCUT2D eigenvalue weighted by molar-refractivity contribution is 7.89. The Bertz CT molecular complexity index is 1450. The molecule has 0 atom stereocenters. The third-order valence-electron chi connectivity index (χ3n) is 9.35. The average molecular weight is 572 g/mol. The summed E-state index contributed by atoms with van der Waals surface area (Å²) in [5, 5.41) is 13.1. The van der Waals surface area contributed by atoms with Gasteiger partial charge in [0.05, 0.1) is 17.6 Å². The van der Waals surface area contributed by atoms with Crippen molar-refractivity contribution < 1.29 is 18.3 Å². The number of hydrogen-bond donors (Lipinski definition) is 3. The number of benzene rings is 1. The number of aromatic nitrogens is 2. The number of amides is 1. The summed E-state index contributed by atoms with van der Waals surface area (Å²) in [6.07, 6.45) is 6.75. The van der Waals surface area contributed by atoms with Crippen molar-refractivity contribution >= 4 is 21.8 Å². The van der Waals surface area contributed by atoms with Crippen LogP contribution in [0.1, 0.15) is 69.1 Å². The first-order valence-corrected chi connectivity index (χ1v) is 16.0. The van der Waals surface area contributed by atoms with Gasteiger partial charge in [0.2, 0.25) is 15.9 Å². The van der Waals surface area contributed by atoms with E-state index in [0.29, 0.717) is 30.9 Å². The van der Waals surface area contributed by atoms with Crippen LogP contribution >= 0.6 is 0 Å². The third-order valence-corrected chi connectivity index (χ3v) is 11.2. The number of imidazole rings is 1. The number of hydrogen-bond acceptors (Lipinski definition) is 6. The molecule has 0 radical (unpaired) electrons. The second-order valence-electron chi connectivity index (χ2n) is 12.1. The maximum atomic E-state index is 13.3. The Kier molecular flexibility index (Phi) is 7.73. The number of piperidine rings is 1. The largest absolute Gasteiger partial charge is 0.493 e. The summed E-state index contributed by atoms with van der Waals surface area (Å²) in [4.78, 5) is 32.5. The van der Waals surface area contributed by atoms with Crippen LogP contribution in [0.5, 0.6) is 5.88 Å². The first kappa shape index (κ1) is 28.6. The van der Waals surface area contributed by atoms with Crippen molar-refractivity contribution in [2.75, 3.05) is 18.8 Å². The van der Waals surface area contributed by atoms with Crippen LogP contribution in [0.4, 0.5) is 0 Å². The minimum Gasteiger partial charge on any atom is -0.493 e. The molecule has 3 aliphatic rings. The number of nitrogens with one attached hydrogen (secondary N) is 2. The molecular weight excluding hydrogens is 530 g/mol. The van der Waals surface area contributed by atoms with E-state index in [9.17, 15) is 23.1 Å². The molecule has 1 amide bonds. The predicted molar refractivity (Wildman–Crippen MR) is 154 cm³/mol. The molecule has 0 bridgehead atoms. The number of aromatic hydroxyl groups is 1. The summed E-state index contributed by atoms with van der Waals surface area (Å²) < 4.78 is 29.3. The fourth-order valence-corrected chi connectivity index (χ4v) is 8.19. The number of H-pyrrole nitrogens is 1. The number of rotatable bonds is 7. The lowest BCUT2D eigenvalue weighted by Crippen LogP contribution is -2.51. The van der Waals surface area contributed by atoms with Crippen molar-refractivity contribution in [3.63, 3.8) is 0 Å². The highest BCUT2D eigenvalue weighted by Gasteiger charge is 2.48. The van der Waals surface area contributed by atoms with Crippen molar-refractivity contribution in [1.29, 1.82) is 0 Å². The molecule has 5 rings (SSSR count). The van der Waals surface area contributed by atoms with Crippen molar-refractivity contribution in [3.8, 4) is 11.6 Å². The molecule has 218 valence electrons. The first-order chi connectivity index (χ1) is 18.9. The average Bonchev–Trinajstić information content (AvgIpc) is 3.41. The molecule has 1 aromatic heterocycles. The lowest BCUT2D eigenvalue weighted by Gasteiger charge is -2.35. The quantitative estimate of drug-likeness (QED) is 0.469. The smallest absolute Gasteiger partial charge is 0.333 e. The molecule has 1 saturated heterocycles. The molecule has 1 aliphatic carbocycles. The van der Waals surface area contributed by atoms with Crippen LogP contribution < -0.4 is 11.0 Å². The topological polar surface area (TPSA) is 137 Å². The molecule has 3 heterocycles. The Morgan fingerprint density at radius 2 is 1.70 bits per heavy atom. The van der Waals surface area contributed by atoms with Gasteiger partial charge in [-0.2, -0.15) is 0 Å². The van der Waals surface area contributed by atoms with Gasteiger partial charge in [-0.1, -0.05) is 13.8 Å². The van der Waals surface area contributed by atoms with Crippen LogP contribution in [0.3, 0.4) is 0 Å². The van der Waals surface area contributed by atoms with E-state index in [4.69, 9.17) is 4.99 Å². The number of carbonyl (C=O) groups is 1. The Labute approximate surface area is 235 Å². The van der Waals surface area contributed by atoms with E-state index in [0.717, 1.165) is 54.1 Å². The van der Waals surface area contributed by atoms with Gasteiger partial charge in [-0.05, 0) is 99.5 Å². The molecule has 2 fully saturated rings. The Morgan fingerprint density at radius 1 is 1.07 bits per heavy atom. The third kappa shape index (κ3) is 5.37. The normalized spacial score (nSPS) is 23.5. The predicted octanol–water partition coefficient (Wildman–Crippen LogP) is 3.19. The summed E-state index contributed by atoms with van der Waals surface area (Å²) in [5.41, 5.74) is 1.83. The molecule has 1 saturated carbocycles. The lowest BCUT2D eigenvalue weighted by atomic mass is 9.76. The zero-order chi connectivity index (χ0) is 28.8. The standard InChI is InChI=1S/C29H41N5O5S/c1-18(2)21-5-7-22(8-6-21)26-31-27(36)29(32-26)10-12-33(13-11-29)40(38,39)14-9-24-19(3)15-23(16-20(24)4)34-25(35)17-30-28(34)37/h15-18,21-22,35H,5-14H2,1-4H3,(H,30,37)(H,31,32,36). The molecule has 1 aromatic carbocycles. The van der Waals surface area contributed by atoms with Crippen LogP contribution in [-0.2, 0) is 21.2 Å². The number of aromatic amines is 1. The van der Waals surface area contributed by atoms with Gasteiger partial charge in [0.15, 0.2) is 0 Å². The molecule has 40 heavy (non-hydrogen) atoms. The van der Waals surface area contributed by atoms with E-state index in [1.807, 2.05) is 13.8 Å². The maximum absolute atomic E-state index is 13.3. The molecule has 3 N–H and O–H groups in total. The first-order valence-electron chi connectivity index (χ1n) is 14.4. The van der Waals surface area contributed by atoms with Gasteiger partial charge in [0.1, 0.15) is 11.4 Å². The van der Waals surface area contributed by atoms with Crippen LogP contribution in [-0.4, -0.2) is 63.5 Å². The summed E-state index contributed by atoms with van der Waals surface area (Å²) in [6.45, 7) is 8.85. The molecular formula is C29H41N5O5S. The summed E-state index contributed by atoms with van der Waals surface area (Å²) >= 11 is 0. The highest BCUT2D eigenvalue weighted by Crippen LogP contribution is 2.38. The van der Waals surface area contributed by atoms with Gasteiger partial charge in [0, 0.05) is 19.0 Å². The van der Waals surface area contributed by atoms with Crippen molar-refractivity contribution in [2.24, 2.45) is 22.7 Å². The number of carbonyl (C=O) groups excluding carboxylic acids is 1. The Hall–Kier alpha value is -2.92. The Balaban J connectivity index is 1.21. The van der Waals surface area contributed by atoms with Crippen LogP contribution in [0.2, 0.25) is 0 Å². The van der Waals surface area contributed by atoms with E-state index in [1.165, 1.54) is 15.1 Å². The fraction of sp³-hybridized carbons (Fsp3) is 0.621. The van der Waals surface area contributed by atoms with Gasteiger partial charge in [-0.3, -0.25) is 9.79 Å². The molecule has 2 aromatic rings. The molecule has 0 unspecified atom stereocenters. The van der Waals surface area contributed by atoms with Gasteiger partial charge in [-0.25, -0.2) is 22.1 Å². The SMILES string of the molecule is Cc1cc(-n2c(O)c[nH]c2=O)cc(C)c1CCS(=O)(=O)N1CCC2(CC1)N=C(C1CCC(C(C)C)CC1)NC2=O. The zero-order valence-corrected chi connectivity index (χ0v) is 24.7. The second-order valence-corrected chi connectivity index (χ2v) is 14.2. The summed E-state index contributed by atoms with van der Waals surface area (Å²) in [6, 6.07) is 3.55. The molecule has 2 aliphatic heterocycles.